The maximum Gasteiger partial charge on any atom is 0.335 e. The summed E-state index contributed by atoms with van der Waals surface area (Å²) in [6.45, 7) is 8.99. The summed E-state index contributed by atoms with van der Waals surface area (Å²) in [4.78, 5) is 24.0. The number of aryl methyl sites for hydroxylation is 1. The van der Waals surface area contributed by atoms with Crippen LogP contribution in [0.4, 0.5) is 0 Å². The van der Waals surface area contributed by atoms with Gasteiger partial charge in [0.15, 0.2) is 0 Å². The normalized spacial score (nSPS) is 19.9. The third kappa shape index (κ3) is 2.37. The number of esters is 2. The van der Waals surface area contributed by atoms with Gasteiger partial charge in [0, 0.05) is 34.1 Å². The molecule has 132 valence electrons. The van der Waals surface area contributed by atoms with Gasteiger partial charge in [-0.25, -0.2) is 9.59 Å². The molecule has 0 heterocycles. The predicted octanol–water partition coefficient (Wildman–Crippen LogP) is 4.70. The molecule has 4 rings (SSSR count). The molecule has 1 fully saturated rings. The highest BCUT2D eigenvalue weighted by Crippen LogP contribution is 2.61. The summed E-state index contributed by atoms with van der Waals surface area (Å²) in [6.07, 6.45) is 5.47. The third-order valence-electron chi connectivity index (χ3n) is 5.51. The minimum atomic E-state index is -0.478. The minimum Gasteiger partial charge on any atom is -0.422 e. The van der Waals surface area contributed by atoms with Gasteiger partial charge in [0.1, 0.15) is 11.5 Å². The second-order valence-corrected chi connectivity index (χ2v) is 6.94. The second kappa shape index (κ2) is 6.13. The number of rotatable bonds is 4. The lowest BCUT2D eigenvalue weighted by Crippen LogP contribution is -2.13. The van der Waals surface area contributed by atoms with E-state index in [4.69, 9.17) is 9.47 Å². The van der Waals surface area contributed by atoms with Crippen molar-refractivity contribution in [3.8, 4) is 11.5 Å². The first-order valence-electron chi connectivity index (χ1n) is 8.82. The van der Waals surface area contributed by atoms with E-state index in [1.165, 1.54) is 12.2 Å². The van der Waals surface area contributed by atoms with E-state index in [1.807, 2.05) is 25.1 Å². The van der Waals surface area contributed by atoms with E-state index in [-0.39, 0.29) is 0 Å². The Morgan fingerprint density at radius 1 is 1.00 bits per heavy atom. The Morgan fingerprint density at radius 2 is 1.58 bits per heavy atom. The fourth-order valence-corrected chi connectivity index (χ4v) is 4.50. The standard InChI is InChI=1S/C22H20O4/c1-4-16(23)25-21-15-8-6-7-12(3)18(15)22(26-17(24)5-2)20-14-10-9-13(11-14)19(20)21/h4-8,13-14H,1-2,9-11H2,3H3. The summed E-state index contributed by atoms with van der Waals surface area (Å²) in [5, 5.41) is 1.61. The molecule has 2 unspecified atom stereocenters. The van der Waals surface area contributed by atoms with E-state index in [0.717, 1.165) is 46.7 Å². The Morgan fingerprint density at radius 3 is 2.19 bits per heavy atom. The Balaban J connectivity index is 2.08. The Kier molecular flexibility index (Phi) is 3.91. The number of ether oxygens (including phenoxy) is 2. The molecule has 2 bridgehead atoms. The minimum absolute atomic E-state index is 0.327. The Bertz CT molecular complexity index is 970. The van der Waals surface area contributed by atoms with Crippen molar-refractivity contribution in [1.82, 2.24) is 0 Å². The summed E-state index contributed by atoms with van der Waals surface area (Å²) < 4.78 is 11.4. The molecule has 0 aliphatic heterocycles. The van der Waals surface area contributed by atoms with Gasteiger partial charge in [0.25, 0.3) is 0 Å². The summed E-state index contributed by atoms with van der Waals surface area (Å²) in [6, 6.07) is 5.79. The van der Waals surface area contributed by atoms with E-state index in [2.05, 4.69) is 13.2 Å². The maximum absolute atomic E-state index is 12.0. The summed E-state index contributed by atoms with van der Waals surface area (Å²) in [7, 11) is 0. The number of fused-ring (bicyclic) bond motifs is 6. The number of carbonyl (C=O) groups excluding carboxylic acids is 2. The zero-order valence-electron chi connectivity index (χ0n) is 14.7. The lowest BCUT2D eigenvalue weighted by Gasteiger charge is -2.24. The van der Waals surface area contributed by atoms with Crippen LogP contribution in [0.15, 0.2) is 43.5 Å². The molecule has 2 aromatic rings. The van der Waals surface area contributed by atoms with Crippen molar-refractivity contribution in [3.05, 3.63) is 60.2 Å². The molecule has 4 heteroatoms. The zero-order chi connectivity index (χ0) is 18.4. The average Bonchev–Trinajstić information content (AvgIpc) is 3.25. The summed E-state index contributed by atoms with van der Waals surface area (Å²) in [5.74, 6) is 0.892. The highest BCUT2D eigenvalue weighted by atomic mass is 16.5. The van der Waals surface area contributed by atoms with Crippen LogP contribution < -0.4 is 9.47 Å². The summed E-state index contributed by atoms with van der Waals surface area (Å²) >= 11 is 0. The third-order valence-corrected chi connectivity index (χ3v) is 5.51. The van der Waals surface area contributed by atoms with Crippen LogP contribution in [-0.4, -0.2) is 11.9 Å². The number of hydrogen-bond donors (Lipinski definition) is 0. The monoisotopic (exact) mass is 348 g/mol. The van der Waals surface area contributed by atoms with Crippen molar-refractivity contribution >= 4 is 22.7 Å². The molecular weight excluding hydrogens is 328 g/mol. The van der Waals surface area contributed by atoms with Crippen molar-refractivity contribution in [2.45, 2.75) is 38.0 Å². The molecule has 0 aromatic heterocycles. The number of carbonyl (C=O) groups is 2. The first-order chi connectivity index (χ1) is 12.5. The molecule has 26 heavy (non-hydrogen) atoms. The highest BCUT2D eigenvalue weighted by molar-refractivity contribution is 6.02. The van der Waals surface area contributed by atoms with Crippen LogP contribution in [0.1, 0.15) is 47.8 Å². The molecule has 2 aromatic carbocycles. The lowest BCUT2D eigenvalue weighted by atomic mass is 9.86. The molecule has 0 N–H and O–H groups in total. The van der Waals surface area contributed by atoms with Gasteiger partial charge in [-0.15, -0.1) is 0 Å². The smallest absolute Gasteiger partial charge is 0.335 e. The lowest BCUT2D eigenvalue weighted by molar-refractivity contribution is -0.130. The Labute approximate surface area is 152 Å². The van der Waals surface area contributed by atoms with Crippen LogP contribution in [0, 0.1) is 6.92 Å². The van der Waals surface area contributed by atoms with E-state index >= 15 is 0 Å². The van der Waals surface area contributed by atoms with Crippen molar-refractivity contribution in [3.63, 3.8) is 0 Å². The van der Waals surface area contributed by atoms with Gasteiger partial charge in [0.2, 0.25) is 0 Å². The molecule has 0 radical (unpaired) electrons. The van der Waals surface area contributed by atoms with Crippen LogP contribution in [0.2, 0.25) is 0 Å². The van der Waals surface area contributed by atoms with E-state index in [1.54, 1.807) is 0 Å². The van der Waals surface area contributed by atoms with Crippen LogP contribution in [0.5, 0.6) is 11.5 Å². The second-order valence-electron chi connectivity index (χ2n) is 6.94. The van der Waals surface area contributed by atoms with E-state index in [0.29, 0.717) is 23.3 Å². The average molecular weight is 348 g/mol. The van der Waals surface area contributed by atoms with Gasteiger partial charge in [-0.2, -0.15) is 0 Å². The highest BCUT2D eigenvalue weighted by Gasteiger charge is 2.43. The fourth-order valence-electron chi connectivity index (χ4n) is 4.50. The van der Waals surface area contributed by atoms with Crippen LogP contribution in [-0.2, 0) is 9.59 Å². The maximum atomic E-state index is 12.0. The molecule has 2 aliphatic carbocycles. The van der Waals surface area contributed by atoms with Crippen molar-refractivity contribution in [1.29, 1.82) is 0 Å². The van der Waals surface area contributed by atoms with Crippen molar-refractivity contribution in [2.24, 2.45) is 0 Å². The van der Waals surface area contributed by atoms with Crippen LogP contribution in [0.3, 0.4) is 0 Å². The zero-order valence-corrected chi connectivity index (χ0v) is 14.7. The molecule has 2 aliphatic rings. The first kappa shape index (κ1) is 16.6. The van der Waals surface area contributed by atoms with Gasteiger partial charge < -0.3 is 9.47 Å². The first-order valence-corrected chi connectivity index (χ1v) is 8.82. The van der Waals surface area contributed by atoms with E-state index < -0.39 is 11.9 Å². The van der Waals surface area contributed by atoms with Gasteiger partial charge in [-0.3, -0.25) is 0 Å². The fraction of sp³-hybridized carbons (Fsp3) is 0.273. The number of benzene rings is 2. The van der Waals surface area contributed by atoms with Gasteiger partial charge >= 0.3 is 11.9 Å². The predicted molar refractivity (Wildman–Crippen MR) is 99.7 cm³/mol. The number of hydrogen-bond acceptors (Lipinski definition) is 4. The van der Waals surface area contributed by atoms with Gasteiger partial charge in [0.05, 0.1) is 0 Å². The topological polar surface area (TPSA) is 52.6 Å². The van der Waals surface area contributed by atoms with Gasteiger partial charge in [-0.1, -0.05) is 31.4 Å². The molecule has 0 saturated heterocycles. The van der Waals surface area contributed by atoms with Gasteiger partial charge in [-0.05, 0) is 43.6 Å². The molecule has 2 atom stereocenters. The quantitative estimate of drug-likeness (QED) is 0.457. The SMILES string of the molecule is C=CC(=O)Oc1c2c(c(OC(=O)C=C)c3c(C)cccc13)C1CCC2C1. The largest absolute Gasteiger partial charge is 0.422 e. The molecule has 0 spiro atoms. The van der Waals surface area contributed by atoms with Crippen LogP contribution in [0.25, 0.3) is 10.8 Å². The molecule has 1 saturated carbocycles. The van der Waals surface area contributed by atoms with Crippen LogP contribution >= 0.6 is 0 Å². The van der Waals surface area contributed by atoms with Crippen molar-refractivity contribution in [2.75, 3.05) is 0 Å². The van der Waals surface area contributed by atoms with E-state index in [9.17, 15) is 9.59 Å². The summed E-state index contributed by atoms with van der Waals surface area (Å²) in [5.41, 5.74) is 3.00. The molecule has 0 amide bonds. The van der Waals surface area contributed by atoms with Crippen molar-refractivity contribution < 1.29 is 19.1 Å². The molecule has 4 nitrogen and oxygen atoms in total. The molecular formula is C22H20O4. The Hall–Kier alpha value is -2.88.